The van der Waals surface area contributed by atoms with Crippen molar-refractivity contribution in [3.8, 4) is 0 Å². The highest BCUT2D eigenvalue weighted by Gasteiger charge is 2.07. The number of carbonyl (C=O) groups is 1. The molecule has 0 spiro atoms. The maximum absolute atomic E-state index is 12.2. The number of rotatable bonds is 4. The van der Waals surface area contributed by atoms with Gasteiger partial charge in [0.1, 0.15) is 5.82 Å². The third-order valence-corrected chi connectivity index (χ3v) is 3.68. The van der Waals surface area contributed by atoms with E-state index in [0.717, 1.165) is 5.69 Å². The fourth-order valence-corrected chi connectivity index (χ4v) is 2.47. The Bertz CT molecular complexity index is 866. The summed E-state index contributed by atoms with van der Waals surface area (Å²) in [5.41, 5.74) is 1.92. The van der Waals surface area contributed by atoms with E-state index in [1.54, 1.807) is 54.7 Å². The van der Waals surface area contributed by atoms with E-state index in [1.165, 1.54) is 0 Å². The molecule has 24 heavy (non-hydrogen) atoms. The molecule has 0 bridgehead atoms. The monoisotopic (exact) mass is 357 g/mol. The second-order valence-electron chi connectivity index (χ2n) is 5.03. The molecule has 0 fully saturated rings. The van der Waals surface area contributed by atoms with E-state index < -0.39 is 0 Å². The van der Waals surface area contributed by atoms with Crippen LogP contribution < -0.4 is 10.6 Å². The number of halogens is 2. The van der Waals surface area contributed by atoms with Crippen molar-refractivity contribution in [2.24, 2.45) is 0 Å². The van der Waals surface area contributed by atoms with Gasteiger partial charge in [-0.2, -0.15) is 0 Å². The molecular formula is C18H13Cl2N3O. The summed E-state index contributed by atoms with van der Waals surface area (Å²) in [5, 5.41) is 7.07. The van der Waals surface area contributed by atoms with E-state index in [9.17, 15) is 4.79 Å². The number of aromatic nitrogens is 1. The summed E-state index contributed by atoms with van der Waals surface area (Å²) in [6.45, 7) is 0. The first-order chi connectivity index (χ1) is 11.6. The van der Waals surface area contributed by atoms with E-state index in [-0.39, 0.29) is 5.91 Å². The van der Waals surface area contributed by atoms with Crippen molar-refractivity contribution in [2.45, 2.75) is 0 Å². The van der Waals surface area contributed by atoms with Gasteiger partial charge in [-0.1, -0.05) is 35.3 Å². The zero-order valence-corrected chi connectivity index (χ0v) is 14.0. The molecule has 2 N–H and O–H groups in total. The Hall–Kier alpha value is -2.56. The Balaban J connectivity index is 1.67. The molecule has 3 aromatic rings. The zero-order valence-electron chi connectivity index (χ0n) is 12.5. The quantitative estimate of drug-likeness (QED) is 0.658. The van der Waals surface area contributed by atoms with Crippen LogP contribution in [0.4, 0.5) is 17.2 Å². The number of carbonyl (C=O) groups excluding carboxylic acids is 1. The van der Waals surface area contributed by atoms with Gasteiger partial charge in [-0.3, -0.25) is 4.79 Å². The van der Waals surface area contributed by atoms with E-state index >= 15 is 0 Å². The molecule has 0 aliphatic carbocycles. The first-order valence-corrected chi connectivity index (χ1v) is 7.91. The molecule has 0 aliphatic rings. The number of amides is 1. The van der Waals surface area contributed by atoms with Crippen LogP contribution >= 0.6 is 23.2 Å². The number of pyridine rings is 1. The van der Waals surface area contributed by atoms with Crippen LogP contribution in [0.2, 0.25) is 10.0 Å². The highest BCUT2D eigenvalue weighted by molar-refractivity contribution is 6.31. The van der Waals surface area contributed by atoms with Crippen molar-refractivity contribution >= 4 is 46.3 Å². The zero-order chi connectivity index (χ0) is 16.9. The van der Waals surface area contributed by atoms with Crippen molar-refractivity contribution in [1.82, 2.24) is 4.98 Å². The molecule has 120 valence electrons. The van der Waals surface area contributed by atoms with E-state index in [0.29, 0.717) is 27.1 Å². The molecule has 0 aliphatic heterocycles. The molecule has 0 atom stereocenters. The summed E-state index contributed by atoms with van der Waals surface area (Å²) in [4.78, 5) is 16.4. The number of hydrogen-bond acceptors (Lipinski definition) is 3. The minimum atomic E-state index is -0.241. The topological polar surface area (TPSA) is 54.0 Å². The lowest BCUT2D eigenvalue weighted by molar-refractivity contribution is 0.102. The van der Waals surface area contributed by atoms with Crippen LogP contribution in [-0.2, 0) is 0 Å². The van der Waals surface area contributed by atoms with Crippen molar-refractivity contribution < 1.29 is 4.79 Å². The van der Waals surface area contributed by atoms with Crippen LogP contribution in [0.1, 0.15) is 10.4 Å². The molecule has 6 heteroatoms. The molecule has 4 nitrogen and oxygen atoms in total. The average Bonchev–Trinajstić information content (AvgIpc) is 2.57. The molecule has 2 aromatic carbocycles. The van der Waals surface area contributed by atoms with Crippen LogP contribution in [0.5, 0.6) is 0 Å². The number of anilines is 3. The maximum Gasteiger partial charge on any atom is 0.255 e. The standard InChI is InChI=1S/C18H13Cl2N3O/c19-13-4-1-3-12(9-13)18(24)23-16-7-8-17(21-11-16)22-15-6-2-5-14(20)10-15/h1-11H,(H,21,22)(H,23,24). The fourth-order valence-electron chi connectivity index (χ4n) is 2.09. The van der Waals surface area contributed by atoms with Crippen LogP contribution in [0, 0.1) is 0 Å². The van der Waals surface area contributed by atoms with Crippen LogP contribution in [-0.4, -0.2) is 10.9 Å². The molecule has 0 saturated carbocycles. The van der Waals surface area contributed by atoms with Crippen LogP contribution in [0.15, 0.2) is 66.9 Å². The first kappa shape index (κ1) is 16.3. The predicted molar refractivity (Wildman–Crippen MR) is 98.4 cm³/mol. The van der Waals surface area contributed by atoms with Gasteiger partial charge in [0.2, 0.25) is 0 Å². The Kier molecular flexibility index (Phi) is 4.99. The number of benzene rings is 2. The maximum atomic E-state index is 12.2. The lowest BCUT2D eigenvalue weighted by atomic mass is 10.2. The Morgan fingerprint density at radius 3 is 2.29 bits per heavy atom. The van der Waals surface area contributed by atoms with Crippen molar-refractivity contribution in [3.63, 3.8) is 0 Å². The molecular weight excluding hydrogens is 345 g/mol. The van der Waals surface area contributed by atoms with Gasteiger partial charge in [0.05, 0.1) is 11.9 Å². The van der Waals surface area contributed by atoms with Gasteiger partial charge < -0.3 is 10.6 Å². The first-order valence-electron chi connectivity index (χ1n) is 7.16. The summed E-state index contributed by atoms with van der Waals surface area (Å²) in [6.07, 6.45) is 1.58. The Labute approximate surface area is 149 Å². The van der Waals surface area contributed by atoms with Gasteiger partial charge in [-0.15, -0.1) is 0 Å². The number of hydrogen-bond donors (Lipinski definition) is 2. The molecule has 0 radical (unpaired) electrons. The Morgan fingerprint density at radius 1 is 0.875 bits per heavy atom. The minimum absolute atomic E-state index is 0.241. The highest BCUT2D eigenvalue weighted by Crippen LogP contribution is 2.20. The van der Waals surface area contributed by atoms with Gasteiger partial charge in [-0.25, -0.2) is 4.98 Å². The minimum Gasteiger partial charge on any atom is -0.340 e. The molecule has 0 unspecified atom stereocenters. The van der Waals surface area contributed by atoms with Crippen molar-refractivity contribution in [3.05, 3.63) is 82.5 Å². The number of nitrogens with zero attached hydrogens (tertiary/aromatic N) is 1. The van der Waals surface area contributed by atoms with Crippen LogP contribution in [0.3, 0.4) is 0 Å². The predicted octanol–water partition coefficient (Wildman–Crippen LogP) is 5.38. The van der Waals surface area contributed by atoms with Crippen molar-refractivity contribution in [2.75, 3.05) is 10.6 Å². The highest BCUT2D eigenvalue weighted by atomic mass is 35.5. The number of nitrogens with one attached hydrogen (secondary N) is 2. The smallest absolute Gasteiger partial charge is 0.255 e. The summed E-state index contributed by atoms with van der Waals surface area (Å²) in [7, 11) is 0. The Morgan fingerprint density at radius 2 is 1.62 bits per heavy atom. The molecule has 0 saturated heterocycles. The second kappa shape index (κ2) is 7.34. The molecule has 1 amide bonds. The van der Waals surface area contributed by atoms with Gasteiger partial charge in [0, 0.05) is 21.3 Å². The molecule has 1 heterocycles. The summed E-state index contributed by atoms with van der Waals surface area (Å²) < 4.78 is 0. The van der Waals surface area contributed by atoms with Crippen molar-refractivity contribution in [1.29, 1.82) is 0 Å². The normalized spacial score (nSPS) is 10.2. The molecule has 3 rings (SSSR count). The van der Waals surface area contributed by atoms with Gasteiger partial charge >= 0.3 is 0 Å². The third-order valence-electron chi connectivity index (χ3n) is 3.21. The van der Waals surface area contributed by atoms with Gasteiger partial charge in [0.25, 0.3) is 5.91 Å². The summed E-state index contributed by atoms with van der Waals surface area (Å²) in [5.74, 6) is 0.410. The summed E-state index contributed by atoms with van der Waals surface area (Å²) in [6, 6.07) is 17.6. The lowest BCUT2D eigenvalue weighted by Crippen LogP contribution is -2.12. The lowest BCUT2D eigenvalue weighted by Gasteiger charge is -2.08. The third kappa shape index (κ3) is 4.25. The SMILES string of the molecule is O=C(Nc1ccc(Nc2cccc(Cl)c2)nc1)c1cccc(Cl)c1. The van der Waals surface area contributed by atoms with Gasteiger partial charge in [0.15, 0.2) is 0 Å². The largest absolute Gasteiger partial charge is 0.340 e. The van der Waals surface area contributed by atoms with Crippen LogP contribution in [0.25, 0.3) is 0 Å². The van der Waals surface area contributed by atoms with E-state index in [2.05, 4.69) is 15.6 Å². The second-order valence-corrected chi connectivity index (χ2v) is 5.90. The summed E-state index contributed by atoms with van der Waals surface area (Å²) >= 11 is 11.8. The molecule has 1 aromatic heterocycles. The van der Waals surface area contributed by atoms with E-state index in [4.69, 9.17) is 23.2 Å². The average molecular weight is 358 g/mol. The van der Waals surface area contributed by atoms with Gasteiger partial charge in [-0.05, 0) is 48.5 Å². The fraction of sp³-hybridized carbons (Fsp3) is 0. The van der Waals surface area contributed by atoms with E-state index in [1.807, 2.05) is 12.1 Å².